The SMILES string of the molecule is CCn1c(SCC(=O)Nc2cc(F)ccc2F)nnc1-c1cccc(Cl)c1. The molecule has 0 fully saturated rings. The highest BCUT2D eigenvalue weighted by Crippen LogP contribution is 2.26. The Balaban J connectivity index is 1.71. The number of carbonyl (C=O) groups is 1. The van der Waals surface area contributed by atoms with Crippen LogP contribution in [0.2, 0.25) is 5.02 Å². The van der Waals surface area contributed by atoms with Crippen LogP contribution in [0.5, 0.6) is 0 Å². The number of aromatic nitrogens is 3. The molecule has 9 heteroatoms. The molecule has 1 aromatic heterocycles. The molecule has 1 heterocycles. The average molecular weight is 409 g/mol. The Morgan fingerprint density at radius 2 is 2.04 bits per heavy atom. The molecular weight excluding hydrogens is 394 g/mol. The fourth-order valence-electron chi connectivity index (χ4n) is 2.43. The molecule has 0 spiro atoms. The van der Waals surface area contributed by atoms with Crippen LogP contribution in [-0.2, 0) is 11.3 Å². The highest BCUT2D eigenvalue weighted by Gasteiger charge is 2.15. The molecule has 3 aromatic rings. The molecule has 0 atom stereocenters. The Morgan fingerprint density at radius 3 is 2.78 bits per heavy atom. The number of nitrogens with zero attached hydrogens (tertiary/aromatic N) is 3. The molecule has 0 aliphatic carbocycles. The highest BCUT2D eigenvalue weighted by molar-refractivity contribution is 7.99. The van der Waals surface area contributed by atoms with Gasteiger partial charge >= 0.3 is 0 Å². The van der Waals surface area contributed by atoms with Crippen LogP contribution in [0.3, 0.4) is 0 Å². The van der Waals surface area contributed by atoms with Gasteiger partial charge in [0.1, 0.15) is 11.6 Å². The lowest BCUT2D eigenvalue weighted by Gasteiger charge is -2.08. The predicted molar refractivity (Wildman–Crippen MR) is 102 cm³/mol. The summed E-state index contributed by atoms with van der Waals surface area (Å²) in [5.41, 5.74) is 0.618. The van der Waals surface area contributed by atoms with Crippen LogP contribution in [-0.4, -0.2) is 26.4 Å². The summed E-state index contributed by atoms with van der Waals surface area (Å²) in [6.07, 6.45) is 0. The first-order chi connectivity index (χ1) is 13.0. The standard InChI is InChI=1S/C18H15ClF2N4OS/c1-2-25-17(11-4-3-5-12(19)8-11)23-24-18(25)27-10-16(26)22-15-9-13(20)6-7-14(15)21/h3-9H,2,10H2,1H3,(H,22,26). The smallest absolute Gasteiger partial charge is 0.234 e. The van der Waals surface area contributed by atoms with E-state index in [9.17, 15) is 13.6 Å². The minimum absolute atomic E-state index is 0.0242. The third-order valence-corrected chi connectivity index (χ3v) is 4.85. The largest absolute Gasteiger partial charge is 0.323 e. The number of halogens is 3. The van der Waals surface area contributed by atoms with Crippen molar-refractivity contribution in [1.29, 1.82) is 0 Å². The highest BCUT2D eigenvalue weighted by atomic mass is 35.5. The van der Waals surface area contributed by atoms with Gasteiger partial charge in [0.05, 0.1) is 11.4 Å². The first kappa shape index (κ1) is 19.3. The van der Waals surface area contributed by atoms with Crippen molar-refractivity contribution in [1.82, 2.24) is 14.8 Å². The van der Waals surface area contributed by atoms with E-state index in [0.717, 1.165) is 35.5 Å². The molecule has 0 bridgehead atoms. The third-order valence-electron chi connectivity index (χ3n) is 3.65. The van der Waals surface area contributed by atoms with Gasteiger partial charge in [-0.25, -0.2) is 8.78 Å². The zero-order valence-corrected chi connectivity index (χ0v) is 15.8. The summed E-state index contributed by atoms with van der Waals surface area (Å²) in [7, 11) is 0. The fourth-order valence-corrected chi connectivity index (χ4v) is 3.42. The topological polar surface area (TPSA) is 59.8 Å². The Hall–Kier alpha value is -2.45. The summed E-state index contributed by atoms with van der Waals surface area (Å²) in [5, 5.41) is 11.8. The molecule has 2 aromatic carbocycles. The van der Waals surface area contributed by atoms with Crippen LogP contribution in [0.15, 0.2) is 47.6 Å². The lowest BCUT2D eigenvalue weighted by atomic mass is 10.2. The molecule has 0 unspecified atom stereocenters. The maximum absolute atomic E-state index is 13.6. The van der Waals surface area contributed by atoms with Gasteiger partial charge in [-0.05, 0) is 31.2 Å². The summed E-state index contributed by atoms with van der Waals surface area (Å²) in [6, 6.07) is 10.1. The molecule has 0 aliphatic rings. The Labute approximate surface area is 163 Å². The molecule has 0 radical (unpaired) electrons. The minimum atomic E-state index is -0.699. The van der Waals surface area contributed by atoms with Gasteiger partial charge in [0, 0.05) is 23.2 Å². The lowest BCUT2D eigenvalue weighted by Crippen LogP contribution is -2.15. The van der Waals surface area contributed by atoms with Gasteiger partial charge in [0.2, 0.25) is 5.91 Å². The molecule has 140 valence electrons. The Kier molecular flexibility index (Phi) is 6.08. The number of nitrogens with one attached hydrogen (secondary N) is 1. The van der Waals surface area contributed by atoms with Crippen molar-refractivity contribution in [2.24, 2.45) is 0 Å². The average Bonchev–Trinajstić information content (AvgIpc) is 3.06. The summed E-state index contributed by atoms with van der Waals surface area (Å²) < 4.78 is 28.6. The van der Waals surface area contributed by atoms with Gasteiger partial charge in [0.15, 0.2) is 11.0 Å². The second-order valence-corrected chi connectivity index (χ2v) is 6.90. The predicted octanol–water partition coefficient (Wildman–Crippen LogP) is 4.63. The van der Waals surface area contributed by atoms with Crippen molar-refractivity contribution in [3.8, 4) is 11.4 Å². The zero-order valence-electron chi connectivity index (χ0n) is 14.2. The van der Waals surface area contributed by atoms with Gasteiger partial charge in [-0.1, -0.05) is 35.5 Å². The molecule has 3 rings (SSSR count). The molecule has 0 saturated heterocycles. The van der Waals surface area contributed by atoms with E-state index < -0.39 is 17.5 Å². The van der Waals surface area contributed by atoms with E-state index in [1.165, 1.54) is 0 Å². The van der Waals surface area contributed by atoms with Crippen molar-refractivity contribution in [3.63, 3.8) is 0 Å². The molecule has 5 nitrogen and oxygen atoms in total. The third kappa shape index (κ3) is 4.64. The van der Waals surface area contributed by atoms with Crippen LogP contribution in [0.4, 0.5) is 14.5 Å². The zero-order chi connectivity index (χ0) is 19.4. The van der Waals surface area contributed by atoms with Crippen LogP contribution in [0.1, 0.15) is 6.92 Å². The number of rotatable bonds is 6. The van der Waals surface area contributed by atoms with Gasteiger partial charge < -0.3 is 9.88 Å². The number of benzene rings is 2. The quantitative estimate of drug-likeness (QED) is 0.604. The van der Waals surface area contributed by atoms with E-state index in [2.05, 4.69) is 15.5 Å². The van der Waals surface area contributed by atoms with Crippen LogP contribution < -0.4 is 5.32 Å². The fraction of sp³-hybridized carbons (Fsp3) is 0.167. The number of carbonyl (C=O) groups excluding carboxylic acids is 1. The second-order valence-electron chi connectivity index (χ2n) is 5.52. The van der Waals surface area contributed by atoms with Crippen molar-refractivity contribution < 1.29 is 13.6 Å². The van der Waals surface area contributed by atoms with E-state index in [1.807, 2.05) is 23.6 Å². The Bertz CT molecular complexity index is 980. The normalized spacial score (nSPS) is 10.8. The Morgan fingerprint density at radius 1 is 1.22 bits per heavy atom. The summed E-state index contributed by atoms with van der Waals surface area (Å²) in [5.74, 6) is -1.19. The molecule has 0 saturated carbocycles. The number of amides is 1. The van der Waals surface area contributed by atoms with Crippen molar-refractivity contribution in [2.45, 2.75) is 18.6 Å². The van der Waals surface area contributed by atoms with Gasteiger partial charge in [-0.2, -0.15) is 0 Å². The van der Waals surface area contributed by atoms with E-state index >= 15 is 0 Å². The maximum Gasteiger partial charge on any atom is 0.234 e. The van der Waals surface area contributed by atoms with Crippen molar-refractivity contribution in [2.75, 3.05) is 11.1 Å². The molecule has 1 N–H and O–H groups in total. The molecule has 27 heavy (non-hydrogen) atoms. The van der Waals surface area contributed by atoms with Crippen LogP contribution >= 0.6 is 23.4 Å². The monoisotopic (exact) mass is 408 g/mol. The van der Waals surface area contributed by atoms with E-state index in [4.69, 9.17) is 11.6 Å². The molecule has 1 amide bonds. The summed E-state index contributed by atoms with van der Waals surface area (Å²) >= 11 is 7.18. The number of hydrogen-bond acceptors (Lipinski definition) is 4. The number of thioether (sulfide) groups is 1. The first-order valence-corrected chi connectivity index (χ1v) is 9.41. The summed E-state index contributed by atoms with van der Waals surface area (Å²) in [6.45, 7) is 2.53. The minimum Gasteiger partial charge on any atom is -0.323 e. The number of hydrogen-bond donors (Lipinski definition) is 1. The van der Waals surface area contributed by atoms with Crippen molar-refractivity contribution in [3.05, 3.63) is 59.1 Å². The molecular formula is C18H15ClF2N4OS. The van der Waals surface area contributed by atoms with Gasteiger partial charge in [0.25, 0.3) is 0 Å². The first-order valence-electron chi connectivity index (χ1n) is 8.04. The van der Waals surface area contributed by atoms with E-state index in [-0.39, 0.29) is 11.4 Å². The summed E-state index contributed by atoms with van der Waals surface area (Å²) in [4.78, 5) is 12.1. The second kappa shape index (κ2) is 8.49. The lowest BCUT2D eigenvalue weighted by molar-refractivity contribution is -0.113. The molecule has 0 aliphatic heterocycles. The van der Waals surface area contributed by atoms with E-state index in [0.29, 0.717) is 22.5 Å². The maximum atomic E-state index is 13.6. The van der Waals surface area contributed by atoms with Crippen LogP contribution in [0, 0.1) is 11.6 Å². The van der Waals surface area contributed by atoms with E-state index in [1.54, 1.807) is 12.1 Å². The van der Waals surface area contributed by atoms with Gasteiger partial charge in [-0.3, -0.25) is 4.79 Å². The van der Waals surface area contributed by atoms with Crippen LogP contribution in [0.25, 0.3) is 11.4 Å². The van der Waals surface area contributed by atoms with Gasteiger partial charge in [-0.15, -0.1) is 10.2 Å². The van der Waals surface area contributed by atoms with Crippen molar-refractivity contribution >= 4 is 35.0 Å². The number of anilines is 1.